The molecule has 1 saturated heterocycles. The minimum absolute atomic E-state index is 0.204. The van der Waals surface area contributed by atoms with Crippen LogP contribution in [0.5, 0.6) is 0 Å². The molecule has 0 aromatic heterocycles. The first-order valence-corrected chi connectivity index (χ1v) is 6.69. The minimum Gasteiger partial charge on any atom is -0.469 e. The molecule has 1 aromatic carbocycles. The minimum atomic E-state index is -0.204. The van der Waals surface area contributed by atoms with E-state index < -0.39 is 0 Å². The predicted octanol–water partition coefficient (Wildman–Crippen LogP) is 1.67. The number of methoxy groups -OCH3 is 1. The Balaban J connectivity index is 1.97. The van der Waals surface area contributed by atoms with Crippen molar-refractivity contribution in [3.05, 3.63) is 35.4 Å². The van der Waals surface area contributed by atoms with Gasteiger partial charge in [0.25, 0.3) is 0 Å². The fourth-order valence-electron chi connectivity index (χ4n) is 2.37. The summed E-state index contributed by atoms with van der Waals surface area (Å²) in [5, 5.41) is 3.50. The summed E-state index contributed by atoms with van der Waals surface area (Å²) >= 11 is 0. The molecule has 2 unspecified atom stereocenters. The van der Waals surface area contributed by atoms with Crippen molar-refractivity contribution in [1.29, 1.82) is 0 Å². The molecule has 1 aromatic rings. The Morgan fingerprint density at radius 3 is 2.79 bits per heavy atom. The Labute approximate surface area is 114 Å². The molecular formula is C15H21NO3. The van der Waals surface area contributed by atoms with E-state index in [0.717, 1.165) is 30.7 Å². The van der Waals surface area contributed by atoms with Crippen LogP contribution >= 0.6 is 0 Å². The van der Waals surface area contributed by atoms with E-state index in [1.807, 2.05) is 24.3 Å². The van der Waals surface area contributed by atoms with E-state index in [1.165, 1.54) is 7.11 Å². The molecule has 1 fully saturated rings. The summed E-state index contributed by atoms with van der Waals surface area (Å²) in [6.07, 6.45) is 1.62. The highest BCUT2D eigenvalue weighted by Gasteiger charge is 2.23. The topological polar surface area (TPSA) is 47.6 Å². The maximum Gasteiger partial charge on any atom is 0.309 e. The standard InChI is InChI=1S/C15H21NO3/c1-11-14(7-8-19-11)16-10-13-6-4-3-5-12(13)9-15(17)18-2/h3-6,11,14,16H,7-10H2,1-2H3. The molecule has 4 heteroatoms. The van der Waals surface area contributed by atoms with Gasteiger partial charge in [0.1, 0.15) is 0 Å². The molecule has 1 heterocycles. The third kappa shape index (κ3) is 3.78. The van der Waals surface area contributed by atoms with Gasteiger partial charge in [0.15, 0.2) is 0 Å². The zero-order valence-corrected chi connectivity index (χ0v) is 11.5. The van der Waals surface area contributed by atoms with E-state index in [-0.39, 0.29) is 12.1 Å². The number of ether oxygens (including phenoxy) is 2. The van der Waals surface area contributed by atoms with Crippen molar-refractivity contribution >= 4 is 5.97 Å². The molecule has 4 nitrogen and oxygen atoms in total. The van der Waals surface area contributed by atoms with Gasteiger partial charge in [0.05, 0.1) is 19.6 Å². The van der Waals surface area contributed by atoms with Gasteiger partial charge in [0.2, 0.25) is 0 Å². The number of rotatable bonds is 5. The second-order valence-electron chi connectivity index (χ2n) is 4.87. The summed E-state index contributed by atoms with van der Waals surface area (Å²) in [5.74, 6) is -0.204. The van der Waals surface area contributed by atoms with Crippen LogP contribution in [0, 0.1) is 0 Å². The number of carbonyl (C=O) groups excluding carboxylic acids is 1. The SMILES string of the molecule is COC(=O)Cc1ccccc1CNC1CCOC1C. The van der Waals surface area contributed by atoms with Gasteiger partial charge in [-0.25, -0.2) is 0 Å². The van der Waals surface area contributed by atoms with Crippen LogP contribution in [-0.2, 0) is 27.2 Å². The van der Waals surface area contributed by atoms with Crippen molar-refractivity contribution < 1.29 is 14.3 Å². The van der Waals surface area contributed by atoms with Gasteiger partial charge >= 0.3 is 5.97 Å². The largest absolute Gasteiger partial charge is 0.469 e. The molecule has 0 amide bonds. The van der Waals surface area contributed by atoms with Crippen LogP contribution in [-0.4, -0.2) is 31.8 Å². The van der Waals surface area contributed by atoms with E-state index in [1.54, 1.807) is 0 Å². The third-order valence-electron chi connectivity index (χ3n) is 3.61. The summed E-state index contributed by atoms with van der Waals surface area (Å²) < 4.78 is 10.3. The highest BCUT2D eigenvalue weighted by atomic mass is 16.5. The van der Waals surface area contributed by atoms with Gasteiger partial charge in [-0.2, -0.15) is 0 Å². The highest BCUT2D eigenvalue weighted by molar-refractivity contribution is 5.72. The van der Waals surface area contributed by atoms with E-state index >= 15 is 0 Å². The first-order valence-electron chi connectivity index (χ1n) is 6.69. The average Bonchev–Trinajstić information content (AvgIpc) is 2.83. The predicted molar refractivity (Wildman–Crippen MR) is 72.8 cm³/mol. The zero-order valence-electron chi connectivity index (χ0n) is 11.5. The summed E-state index contributed by atoms with van der Waals surface area (Å²) in [7, 11) is 1.42. The molecule has 0 saturated carbocycles. The molecule has 2 rings (SSSR count). The van der Waals surface area contributed by atoms with Crippen molar-refractivity contribution in [2.24, 2.45) is 0 Å². The van der Waals surface area contributed by atoms with Crippen LogP contribution in [0.3, 0.4) is 0 Å². The quantitative estimate of drug-likeness (QED) is 0.821. The van der Waals surface area contributed by atoms with Gasteiger partial charge in [-0.05, 0) is 24.5 Å². The summed E-state index contributed by atoms with van der Waals surface area (Å²) in [6, 6.07) is 8.36. The van der Waals surface area contributed by atoms with E-state index in [2.05, 4.69) is 12.2 Å². The number of carbonyl (C=O) groups is 1. The number of hydrogen-bond donors (Lipinski definition) is 1. The fourth-order valence-corrected chi connectivity index (χ4v) is 2.37. The van der Waals surface area contributed by atoms with Crippen LogP contribution in [0.15, 0.2) is 24.3 Å². The van der Waals surface area contributed by atoms with Crippen LogP contribution in [0.4, 0.5) is 0 Å². The van der Waals surface area contributed by atoms with Gasteiger partial charge in [-0.1, -0.05) is 24.3 Å². The molecule has 19 heavy (non-hydrogen) atoms. The molecule has 0 aliphatic carbocycles. The van der Waals surface area contributed by atoms with Crippen molar-refractivity contribution in [2.75, 3.05) is 13.7 Å². The molecule has 1 aliphatic heterocycles. The lowest BCUT2D eigenvalue weighted by molar-refractivity contribution is -0.139. The maximum absolute atomic E-state index is 11.4. The Kier molecular flexibility index (Phi) is 4.93. The number of nitrogens with one attached hydrogen (secondary N) is 1. The lowest BCUT2D eigenvalue weighted by Crippen LogP contribution is -2.34. The van der Waals surface area contributed by atoms with E-state index in [9.17, 15) is 4.79 Å². The molecule has 0 spiro atoms. The van der Waals surface area contributed by atoms with Gasteiger partial charge in [0, 0.05) is 19.2 Å². The Morgan fingerprint density at radius 2 is 2.16 bits per heavy atom. The molecule has 0 radical (unpaired) electrons. The monoisotopic (exact) mass is 263 g/mol. The lowest BCUT2D eigenvalue weighted by Gasteiger charge is -2.17. The number of esters is 1. The Hall–Kier alpha value is -1.39. The van der Waals surface area contributed by atoms with Gasteiger partial charge < -0.3 is 14.8 Å². The van der Waals surface area contributed by atoms with Gasteiger partial charge in [-0.3, -0.25) is 4.79 Å². The van der Waals surface area contributed by atoms with Crippen LogP contribution in [0.2, 0.25) is 0 Å². The third-order valence-corrected chi connectivity index (χ3v) is 3.61. The molecule has 2 atom stereocenters. The highest BCUT2D eigenvalue weighted by Crippen LogP contribution is 2.15. The summed E-state index contributed by atoms with van der Waals surface area (Å²) in [4.78, 5) is 11.4. The van der Waals surface area contributed by atoms with Crippen molar-refractivity contribution in [1.82, 2.24) is 5.32 Å². The van der Waals surface area contributed by atoms with Crippen molar-refractivity contribution in [2.45, 2.75) is 38.5 Å². The number of benzene rings is 1. The average molecular weight is 263 g/mol. The molecule has 1 N–H and O–H groups in total. The zero-order chi connectivity index (χ0) is 13.7. The second kappa shape index (κ2) is 6.68. The Bertz CT molecular complexity index is 433. The molecule has 104 valence electrons. The van der Waals surface area contributed by atoms with Crippen molar-refractivity contribution in [3.63, 3.8) is 0 Å². The Morgan fingerprint density at radius 1 is 1.42 bits per heavy atom. The van der Waals surface area contributed by atoms with Crippen LogP contribution < -0.4 is 5.32 Å². The first kappa shape index (κ1) is 14.0. The fraction of sp³-hybridized carbons (Fsp3) is 0.533. The second-order valence-corrected chi connectivity index (χ2v) is 4.87. The molecule has 0 bridgehead atoms. The lowest BCUT2D eigenvalue weighted by atomic mass is 10.0. The van der Waals surface area contributed by atoms with Crippen LogP contribution in [0.25, 0.3) is 0 Å². The number of hydrogen-bond acceptors (Lipinski definition) is 4. The van der Waals surface area contributed by atoms with E-state index in [0.29, 0.717) is 12.5 Å². The van der Waals surface area contributed by atoms with Crippen molar-refractivity contribution in [3.8, 4) is 0 Å². The summed E-state index contributed by atoms with van der Waals surface area (Å²) in [6.45, 7) is 3.67. The normalized spacial score (nSPS) is 22.4. The summed E-state index contributed by atoms with van der Waals surface area (Å²) in [5.41, 5.74) is 2.17. The van der Waals surface area contributed by atoms with E-state index in [4.69, 9.17) is 9.47 Å². The maximum atomic E-state index is 11.4. The molecular weight excluding hydrogens is 242 g/mol. The smallest absolute Gasteiger partial charge is 0.309 e. The van der Waals surface area contributed by atoms with Crippen LogP contribution in [0.1, 0.15) is 24.5 Å². The molecule has 1 aliphatic rings. The first-order chi connectivity index (χ1) is 9.20. The van der Waals surface area contributed by atoms with Gasteiger partial charge in [-0.15, -0.1) is 0 Å².